The predicted octanol–water partition coefficient (Wildman–Crippen LogP) is 0.570. The van der Waals surface area contributed by atoms with Crippen LogP contribution in [-0.2, 0) is 23.9 Å². The van der Waals surface area contributed by atoms with Crippen molar-refractivity contribution >= 4 is 17.9 Å². The maximum absolute atomic E-state index is 12.2. The fourth-order valence-electron chi connectivity index (χ4n) is 2.36. The second kappa shape index (κ2) is 6.89. The summed E-state index contributed by atoms with van der Waals surface area (Å²) in [5, 5.41) is 12.0. The summed E-state index contributed by atoms with van der Waals surface area (Å²) in [6.45, 7) is 5.53. The van der Waals surface area contributed by atoms with Gasteiger partial charge in [-0.2, -0.15) is 0 Å². The molecule has 1 aliphatic heterocycles. The molecule has 0 bridgehead atoms. The average molecular weight is 301 g/mol. The van der Waals surface area contributed by atoms with Crippen LogP contribution in [0.2, 0.25) is 0 Å². The number of carbonyl (C=O) groups is 3. The number of hydrogen-bond donors (Lipinski definition) is 2. The highest BCUT2D eigenvalue weighted by atomic mass is 16.6. The zero-order valence-corrected chi connectivity index (χ0v) is 12.8. The Bertz CT molecular complexity index is 414. The number of nitrogens with one attached hydrogen (secondary N) is 1. The summed E-state index contributed by atoms with van der Waals surface area (Å²) in [4.78, 5) is 34.8. The van der Waals surface area contributed by atoms with Crippen molar-refractivity contribution in [2.45, 2.75) is 45.3 Å². The monoisotopic (exact) mass is 301 g/mol. The van der Waals surface area contributed by atoms with Crippen LogP contribution in [0.15, 0.2) is 0 Å². The van der Waals surface area contributed by atoms with Crippen molar-refractivity contribution in [2.75, 3.05) is 13.7 Å². The van der Waals surface area contributed by atoms with Crippen LogP contribution in [0.25, 0.3) is 0 Å². The van der Waals surface area contributed by atoms with Gasteiger partial charge in [-0.15, -0.1) is 0 Å². The van der Waals surface area contributed by atoms with Gasteiger partial charge >= 0.3 is 17.9 Å². The third-order valence-corrected chi connectivity index (χ3v) is 3.27. The standard InChI is InChI=1S/C14H23NO6/c1-14(2,3)21-13(19)9-5-8(6-10(16)20-4)7-15-11(9)12(17)18/h8-9,11,15H,5-7H2,1-4H3,(H,17,18)/t8-,9-,11?/m0/s1. The molecular weight excluding hydrogens is 278 g/mol. The first-order valence-corrected chi connectivity index (χ1v) is 6.90. The van der Waals surface area contributed by atoms with Crippen LogP contribution in [0, 0.1) is 11.8 Å². The van der Waals surface area contributed by atoms with E-state index in [-0.39, 0.29) is 24.7 Å². The Hall–Kier alpha value is -1.63. The number of esters is 2. The number of piperidine rings is 1. The van der Waals surface area contributed by atoms with Gasteiger partial charge in [0, 0.05) is 6.42 Å². The van der Waals surface area contributed by atoms with Crippen molar-refractivity contribution in [3.05, 3.63) is 0 Å². The van der Waals surface area contributed by atoms with E-state index in [1.54, 1.807) is 20.8 Å². The Balaban J connectivity index is 2.79. The Morgan fingerprint density at radius 2 is 1.90 bits per heavy atom. The fraction of sp³-hybridized carbons (Fsp3) is 0.786. The number of carbonyl (C=O) groups excluding carboxylic acids is 2. The second-order valence-corrected chi connectivity index (χ2v) is 6.25. The molecule has 1 saturated heterocycles. The summed E-state index contributed by atoms with van der Waals surface area (Å²) in [5.74, 6) is -2.99. The third kappa shape index (κ3) is 5.34. The molecule has 0 aliphatic carbocycles. The summed E-state index contributed by atoms with van der Waals surface area (Å²) in [6.07, 6.45) is 0.434. The van der Waals surface area contributed by atoms with Crippen molar-refractivity contribution in [2.24, 2.45) is 11.8 Å². The second-order valence-electron chi connectivity index (χ2n) is 6.25. The maximum atomic E-state index is 12.2. The molecule has 1 rings (SSSR count). The fourth-order valence-corrected chi connectivity index (χ4v) is 2.36. The molecule has 3 atom stereocenters. The SMILES string of the molecule is COC(=O)C[C@H]1CNC(C(=O)O)[C@@H](C(=O)OC(C)(C)C)C1. The molecule has 0 aromatic rings. The molecule has 1 aliphatic rings. The van der Waals surface area contributed by atoms with Crippen LogP contribution in [0.1, 0.15) is 33.6 Å². The lowest BCUT2D eigenvalue weighted by atomic mass is 9.83. The van der Waals surface area contributed by atoms with Gasteiger partial charge in [0.05, 0.1) is 13.0 Å². The number of hydrogen-bond acceptors (Lipinski definition) is 6. The first-order valence-electron chi connectivity index (χ1n) is 6.90. The van der Waals surface area contributed by atoms with Crippen molar-refractivity contribution < 1.29 is 29.0 Å². The molecule has 21 heavy (non-hydrogen) atoms. The van der Waals surface area contributed by atoms with Crippen molar-refractivity contribution in [3.8, 4) is 0 Å². The lowest BCUT2D eigenvalue weighted by Crippen LogP contribution is -2.53. The lowest BCUT2D eigenvalue weighted by molar-refractivity contribution is -0.167. The molecular formula is C14H23NO6. The quantitative estimate of drug-likeness (QED) is 0.732. The van der Waals surface area contributed by atoms with Crippen LogP contribution in [0.5, 0.6) is 0 Å². The van der Waals surface area contributed by atoms with Crippen LogP contribution in [-0.4, -0.2) is 48.3 Å². The van der Waals surface area contributed by atoms with Crippen molar-refractivity contribution in [3.63, 3.8) is 0 Å². The van der Waals surface area contributed by atoms with Crippen molar-refractivity contribution in [1.82, 2.24) is 5.32 Å². The molecule has 7 nitrogen and oxygen atoms in total. The minimum Gasteiger partial charge on any atom is -0.480 e. The molecule has 1 unspecified atom stereocenters. The summed E-state index contributed by atoms with van der Waals surface area (Å²) >= 11 is 0. The van der Waals surface area contributed by atoms with Gasteiger partial charge in [-0.1, -0.05) is 0 Å². The molecule has 0 aromatic carbocycles. The summed E-state index contributed by atoms with van der Waals surface area (Å²) < 4.78 is 9.88. The molecule has 0 radical (unpaired) electrons. The Morgan fingerprint density at radius 1 is 1.29 bits per heavy atom. The van der Waals surface area contributed by atoms with Crippen LogP contribution >= 0.6 is 0 Å². The van der Waals surface area contributed by atoms with Crippen molar-refractivity contribution in [1.29, 1.82) is 0 Å². The topological polar surface area (TPSA) is 102 Å². The van der Waals surface area contributed by atoms with Gasteiger partial charge in [0.1, 0.15) is 11.6 Å². The maximum Gasteiger partial charge on any atom is 0.321 e. The van der Waals surface area contributed by atoms with Gasteiger partial charge in [-0.05, 0) is 39.7 Å². The molecule has 0 amide bonds. The van der Waals surface area contributed by atoms with Gasteiger partial charge in [-0.25, -0.2) is 0 Å². The highest BCUT2D eigenvalue weighted by molar-refractivity contribution is 5.84. The van der Waals surface area contributed by atoms with Gasteiger partial charge in [-0.3, -0.25) is 14.4 Å². The van der Waals surface area contributed by atoms with Gasteiger partial charge in [0.2, 0.25) is 0 Å². The molecule has 1 fully saturated rings. The normalized spacial score (nSPS) is 26.0. The number of rotatable bonds is 4. The zero-order valence-electron chi connectivity index (χ0n) is 12.8. The van der Waals surface area contributed by atoms with E-state index in [1.165, 1.54) is 7.11 Å². The summed E-state index contributed by atoms with van der Waals surface area (Å²) in [5.41, 5.74) is -0.685. The molecule has 1 heterocycles. The first kappa shape index (κ1) is 17.4. The van der Waals surface area contributed by atoms with Gasteiger partial charge in [0.15, 0.2) is 0 Å². The number of carboxylic acid groups (broad SMARTS) is 1. The minimum atomic E-state index is -1.10. The van der Waals surface area contributed by atoms with E-state index in [0.29, 0.717) is 6.54 Å². The first-order chi connectivity index (χ1) is 9.64. The Labute approximate surface area is 124 Å². The molecule has 0 saturated carbocycles. The number of methoxy groups -OCH3 is 1. The van der Waals surface area contributed by atoms with Crippen LogP contribution in [0.3, 0.4) is 0 Å². The minimum absolute atomic E-state index is 0.148. The van der Waals surface area contributed by atoms with E-state index >= 15 is 0 Å². The smallest absolute Gasteiger partial charge is 0.321 e. The van der Waals surface area contributed by atoms with Gasteiger partial charge < -0.3 is 19.9 Å². The van der Waals surface area contributed by atoms with E-state index in [2.05, 4.69) is 10.1 Å². The van der Waals surface area contributed by atoms with Crippen LogP contribution < -0.4 is 5.32 Å². The summed E-state index contributed by atoms with van der Waals surface area (Å²) in [7, 11) is 1.30. The number of carboxylic acids is 1. The van der Waals surface area contributed by atoms with E-state index in [1.807, 2.05) is 0 Å². The van der Waals surface area contributed by atoms with Gasteiger partial charge in [0.25, 0.3) is 0 Å². The largest absolute Gasteiger partial charge is 0.480 e. The Morgan fingerprint density at radius 3 is 2.38 bits per heavy atom. The predicted molar refractivity (Wildman–Crippen MR) is 73.5 cm³/mol. The number of aliphatic carboxylic acids is 1. The highest BCUT2D eigenvalue weighted by Crippen LogP contribution is 2.27. The molecule has 2 N–H and O–H groups in total. The summed E-state index contributed by atoms with van der Waals surface area (Å²) in [6, 6.07) is -0.992. The average Bonchev–Trinajstić information content (AvgIpc) is 2.36. The Kier molecular flexibility index (Phi) is 5.71. The molecule has 120 valence electrons. The molecule has 0 aromatic heterocycles. The lowest BCUT2D eigenvalue weighted by Gasteiger charge is -2.34. The molecule has 0 spiro atoms. The highest BCUT2D eigenvalue weighted by Gasteiger charge is 2.41. The van der Waals surface area contributed by atoms with E-state index < -0.39 is 29.5 Å². The van der Waals surface area contributed by atoms with Crippen LogP contribution in [0.4, 0.5) is 0 Å². The van der Waals surface area contributed by atoms with E-state index in [0.717, 1.165) is 0 Å². The van der Waals surface area contributed by atoms with E-state index in [9.17, 15) is 19.5 Å². The number of ether oxygens (including phenoxy) is 2. The van der Waals surface area contributed by atoms with E-state index in [4.69, 9.17) is 4.74 Å². The third-order valence-electron chi connectivity index (χ3n) is 3.27. The molecule has 7 heteroatoms. The zero-order chi connectivity index (χ0) is 16.2.